The SMILES string of the molecule is CC(C)(C)NCCCS(=O)c1ccc([N+](=O)[O-])cc1. The van der Waals surface area contributed by atoms with Gasteiger partial charge < -0.3 is 5.32 Å². The first-order valence-electron chi connectivity index (χ1n) is 6.17. The average Bonchev–Trinajstić information content (AvgIpc) is 2.33. The van der Waals surface area contributed by atoms with Crippen LogP contribution in [0.5, 0.6) is 0 Å². The molecule has 0 aliphatic rings. The lowest BCUT2D eigenvalue weighted by Crippen LogP contribution is -2.36. The summed E-state index contributed by atoms with van der Waals surface area (Å²) in [6, 6.07) is 5.90. The van der Waals surface area contributed by atoms with Gasteiger partial charge in [-0.1, -0.05) is 0 Å². The Morgan fingerprint density at radius 2 is 1.84 bits per heavy atom. The fourth-order valence-corrected chi connectivity index (χ4v) is 2.59. The molecule has 0 saturated carbocycles. The van der Waals surface area contributed by atoms with Gasteiger partial charge in [-0.05, 0) is 45.9 Å². The summed E-state index contributed by atoms with van der Waals surface area (Å²) in [5.41, 5.74) is 0.0876. The van der Waals surface area contributed by atoms with Crippen LogP contribution in [0.4, 0.5) is 5.69 Å². The van der Waals surface area contributed by atoms with Crippen molar-refractivity contribution in [1.82, 2.24) is 5.32 Å². The molecule has 0 fully saturated rings. The van der Waals surface area contributed by atoms with Gasteiger partial charge in [-0.3, -0.25) is 14.3 Å². The van der Waals surface area contributed by atoms with Crippen LogP contribution in [-0.2, 0) is 10.8 Å². The fourth-order valence-electron chi connectivity index (χ4n) is 1.50. The predicted octanol–water partition coefficient (Wildman–Crippen LogP) is 2.48. The van der Waals surface area contributed by atoms with Gasteiger partial charge in [0.05, 0.1) is 15.7 Å². The Labute approximate surface area is 116 Å². The Balaban J connectivity index is 2.43. The summed E-state index contributed by atoms with van der Waals surface area (Å²) in [4.78, 5) is 10.7. The molecule has 19 heavy (non-hydrogen) atoms. The van der Waals surface area contributed by atoms with Crippen LogP contribution >= 0.6 is 0 Å². The lowest BCUT2D eigenvalue weighted by atomic mass is 10.1. The summed E-state index contributed by atoms with van der Waals surface area (Å²) < 4.78 is 12.0. The molecule has 0 aliphatic carbocycles. The van der Waals surface area contributed by atoms with Crippen molar-refractivity contribution < 1.29 is 9.13 Å². The maximum atomic E-state index is 12.0. The van der Waals surface area contributed by atoms with Gasteiger partial charge in [-0.25, -0.2) is 0 Å². The normalized spacial score (nSPS) is 13.2. The van der Waals surface area contributed by atoms with Gasteiger partial charge in [0.25, 0.3) is 5.69 Å². The van der Waals surface area contributed by atoms with Gasteiger partial charge in [-0.2, -0.15) is 0 Å². The second-order valence-electron chi connectivity index (χ2n) is 5.33. The predicted molar refractivity (Wildman–Crippen MR) is 76.7 cm³/mol. The van der Waals surface area contributed by atoms with E-state index < -0.39 is 15.7 Å². The largest absolute Gasteiger partial charge is 0.312 e. The van der Waals surface area contributed by atoms with Crippen molar-refractivity contribution in [1.29, 1.82) is 0 Å². The summed E-state index contributed by atoms with van der Waals surface area (Å²) in [7, 11) is -1.10. The number of nitro benzene ring substituents is 1. The lowest BCUT2D eigenvalue weighted by molar-refractivity contribution is -0.384. The van der Waals surface area contributed by atoms with Crippen molar-refractivity contribution in [2.24, 2.45) is 0 Å². The van der Waals surface area contributed by atoms with Gasteiger partial charge in [0.2, 0.25) is 0 Å². The molecule has 0 aliphatic heterocycles. The summed E-state index contributed by atoms with van der Waals surface area (Å²) in [6.45, 7) is 7.06. The van der Waals surface area contributed by atoms with E-state index in [2.05, 4.69) is 26.1 Å². The molecule has 0 bridgehead atoms. The Morgan fingerprint density at radius 1 is 1.26 bits per heavy atom. The minimum atomic E-state index is -1.10. The molecule has 0 spiro atoms. The minimum absolute atomic E-state index is 0.0233. The van der Waals surface area contributed by atoms with E-state index in [-0.39, 0.29) is 11.2 Å². The van der Waals surface area contributed by atoms with Gasteiger partial charge in [0, 0.05) is 28.3 Å². The Morgan fingerprint density at radius 3 is 2.32 bits per heavy atom. The quantitative estimate of drug-likeness (QED) is 0.495. The van der Waals surface area contributed by atoms with Crippen LogP contribution in [0.3, 0.4) is 0 Å². The van der Waals surface area contributed by atoms with Crippen LogP contribution in [0.15, 0.2) is 29.2 Å². The molecule has 0 saturated heterocycles. The highest BCUT2D eigenvalue weighted by molar-refractivity contribution is 7.85. The first kappa shape index (κ1) is 15.8. The molecule has 0 amide bonds. The van der Waals surface area contributed by atoms with Crippen molar-refractivity contribution in [3.8, 4) is 0 Å². The zero-order valence-electron chi connectivity index (χ0n) is 11.5. The van der Waals surface area contributed by atoms with E-state index in [9.17, 15) is 14.3 Å². The Bertz CT molecular complexity index is 452. The second kappa shape index (κ2) is 6.77. The highest BCUT2D eigenvalue weighted by Gasteiger charge is 2.10. The van der Waals surface area contributed by atoms with Gasteiger partial charge in [-0.15, -0.1) is 0 Å². The topological polar surface area (TPSA) is 72.2 Å². The zero-order valence-corrected chi connectivity index (χ0v) is 12.3. The molecule has 1 unspecified atom stereocenters. The number of nitrogens with one attached hydrogen (secondary N) is 1. The summed E-state index contributed by atoms with van der Waals surface area (Å²) >= 11 is 0. The average molecular weight is 284 g/mol. The molecule has 1 rings (SSSR count). The molecule has 1 aromatic carbocycles. The molecule has 0 heterocycles. The van der Waals surface area contributed by atoms with Crippen LogP contribution in [0.2, 0.25) is 0 Å². The van der Waals surface area contributed by atoms with Gasteiger partial charge in [0.15, 0.2) is 0 Å². The number of benzene rings is 1. The molecule has 6 heteroatoms. The van der Waals surface area contributed by atoms with Crippen LogP contribution in [0.1, 0.15) is 27.2 Å². The molecular formula is C13H20N2O3S. The lowest BCUT2D eigenvalue weighted by Gasteiger charge is -2.20. The monoisotopic (exact) mass is 284 g/mol. The molecule has 1 aromatic rings. The van der Waals surface area contributed by atoms with Gasteiger partial charge >= 0.3 is 0 Å². The summed E-state index contributed by atoms with van der Waals surface area (Å²) in [6.07, 6.45) is 0.806. The van der Waals surface area contributed by atoms with E-state index in [4.69, 9.17) is 0 Å². The third kappa shape index (κ3) is 5.94. The van der Waals surface area contributed by atoms with E-state index in [0.717, 1.165) is 13.0 Å². The number of rotatable bonds is 6. The van der Waals surface area contributed by atoms with E-state index in [1.165, 1.54) is 12.1 Å². The number of hydrogen-bond acceptors (Lipinski definition) is 4. The molecule has 106 valence electrons. The number of non-ortho nitro benzene ring substituents is 1. The van der Waals surface area contributed by atoms with Crippen LogP contribution in [0, 0.1) is 10.1 Å². The highest BCUT2D eigenvalue weighted by Crippen LogP contribution is 2.15. The zero-order chi connectivity index (χ0) is 14.5. The smallest absolute Gasteiger partial charge is 0.269 e. The van der Waals surface area contributed by atoms with Gasteiger partial charge in [0.1, 0.15) is 0 Å². The standard InChI is InChI=1S/C13H20N2O3S/c1-13(2,3)14-9-4-10-19(18)12-7-5-11(6-8-12)15(16)17/h5-8,14H,4,9-10H2,1-3H3. The number of nitro groups is 1. The van der Waals surface area contributed by atoms with E-state index >= 15 is 0 Å². The van der Waals surface area contributed by atoms with Crippen molar-refractivity contribution in [2.75, 3.05) is 12.3 Å². The van der Waals surface area contributed by atoms with Crippen molar-refractivity contribution in [2.45, 2.75) is 37.6 Å². The molecule has 1 atom stereocenters. The first-order chi connectivity index (χ1) is 8.79. The molecule has 0 aromatic heterocycles. The molecule has 1 N–H and O–H groups in total. The Hall–Kier alpha value is -1.27. The maximum Gasteiger partial charge on any atom is 0.269 e. The van der Waals surface area contributed by atoms with Crippen LogP contribution < -0.4 is 5.32 Å². The van der Waals surface area contributed by atoms with Crippen molar-refractivity contribution >= 4 is 16.5 Å². The Kier molecular flexibility index (Phi) is 5.62. The van der Waals surface area contributed by atoms with E-state index in [1.807, 2.05) is 0 Å². The number of hydrogen-bond donors (Lipinski definition) is 1. The minimum Gasteiger partial charge on any atom is -0.312 e. The third-order valence-corrected chi connectivity index (χ3v) is 3.93. The second-order valence-corrected chi connectivity index (χ2v) is 6.90. The maximum absolute atomic E-state index is 12.0. The van der Waals surface area contributed by atoms with E-state index in [1.54, 1.807) is 12.1 Å². The van der Waals surface area contributed by atoms with Crippen molar-refractivity contribution in [3.05, 3.63) is 34.4 Å². The summed E-state index contributed by atoms with van der Waals surface area (Å²) in [5.74, 6) is 0.556. The first-order valence-corrected chi connectivity index (χ1v) is 7.49. The van der Waals surface area contributed by atoms with Crippen LogP contribution in [0.25, 0.3) is 0 Å². The highest BCUT2D eigenvalue weighted by atomic mass is 32.2. The molecule has 5 nitrogen and oxygen atoms in total. The van der Waals surface area contributed by atoms with Crippen LogP contribution in [-0.4, -0.2) is 27.0 Å². The number of nitrogens with zero attached hydrogens (tertiary/aromatic N) is 1. The van der Waals surface area contributed by atoms with Crippen molar-refractivity contribution in [3.63, 3.8) is 0 Å². The molecule has 0 radical (unpaired) electrons. The summed E-state index contributed by atoms with van der Waals surface area (Å²) in [5, 5.41) is 13.8. The van der Waals surface area contributed by atoms with E-state index in [0.29, 0.717) is 10.6 Å². The third-order valence-electron chi connectivity index (χ3n) is 2.47. The fraction of sp³-hybridized carbons (Fsp3) is 0.538. The molecular weight excluding hydrogens is 264 g/mol.